The van der Waals surface area contributed by atoms with Gasteiger partial charge in [-0.25, -0.2) is 0 Å². The van der Waals surface area contributed by atoms with E-state index < -0.39 is 10.6 Å². The Balaban J connectivity index is 1.09. The summed E-state index contributed by atoms with van der Waals surface area (Å²) in [5.74, 6) is 0. The lowest BCUT2D eigenvalue weighted by Gasteiger charge is -2.33. The fourth-order valence-corrected chi connectivity index (χ4v) is 13.2. The van der Waals surface area contributed by atoms with Gasteiger partial charge in [0.05, 0.1) is 10.6 Å². The van der Waals surface area contributed by atoms with Crippen molar-refractivity contribution in [2.45, 2.75) is 29.8 Å². The van der Waals surface area contributed by atoms with Crippen molar-refractivity contribution in [3.63, 3.8) is 0 Å². The highest BCUT2D eigenvalue weighted by Gasteiger charge is 2.52. The second-order valence-corrected chi connectivity index (χ2v) is 18.8. The lowest BCUT2D eigenvalue weighted by molar-refractivity contribution is 0.660. The fourth-order valence-electron chi connectivity index (χ4n) is 12.1. The van der Waals surface area contributed by atoms with Gasteiger partial charge in [-0.05, 0) is 131 Å². The summed E-state index contributed by atoms with van der Waals surface area (Å²) < 4.78 is 0. The molecule has 1 atom stereocenters. The average Bonchev–Trinajstić information content (AvgIpc) is 3.98. The van der Waals surface area contributed by atoms with Crippen LogP contribution in [0.5, 0.6) is 0 Å². The molecule has 4 aliphatic carbocycles. The Morgan fingerprint density at radius 3 is 1.21 bits per heavy atom. The van der Waals surface area contributed by atoms with Gasteiger partial charge in [0.1, 0.15) is 0 Å². The molecule has 1 spiro atoms. The van der Waals surface area contributed by atoms with Crippen LogP contribution in [-0.4, -0.2) is 6.30 Å². The smallest absolute Gasteiger partial charge is 0.0876 e. The monoisotopic (exact) mass is 807 g/mol. The Hall–Kier alpha value is -7.05. The van der Waals surface area contributed by atoms with E-state index in [-0.39, 0.29) is 5.41 Å². The van der Waals surface area contributed by atoms with E-state index in [1.807, 2.05) is 0 Å². The van der Waals surface area contributed by atoms with Gasteiger partial charge in [-0.3, -0.25) is 0 Å². The van der Waals surface area contributed by atoms with Gasteiger partial charge in [-0.2, -0.15) is 0 Å². The van der Waals surface area contributed by atoms with Crippen LogP contribution in [0.4, 0.5) is 17.1 Å². The van der Waals surface area contributed by atoms with Crippen molar-refractivity contribution in [2.75, 3.05) is 4.90 Å². The van der Waals surface area contributed by atoms with E-state index in [4.69, 9.17) is 0 Å². The molecule has 1 nitrogen and oxygen atoms in total. The van der Waals surface area contributed by atoms with E-state index in [9.17, 15) is 0 Å². The van der Waals surface area contributed by atoms with E-state index in [1.165, 1.54) is 94.6 Å². The first-order chi connectivity index (χ1) is 30.5. The van der Waals surface area contributed by atoms with Crippen molar-refractivity contribution < 1.29 is 0 Å². The molecule has 0 saturated carbocycles. The molecule has 1 unspecified atom stereocenters. The van der Waals surface area contributed by atoms with Crippen LogP contribution in [0.25, 0.3) is 44.5 Å². The molecule has 4 aliphatic rings. The Labute approximate surface area is 365 Å². The number of benzene rings is 9. The van der Waals surface area contributed by atoms with E-state index in [1.54, 1.807) is 0 Å². The van der Waals surface area contributed by atoms with Crippen LogP contribution in [0, 0.1) is 0 Å². The molecule has 0 fully saturated rings. The molecule has 0 heterocycles. The normalized spacial score (nSPS) is 17.1. The van der Waals surface area contributed by atoms with Gasteiger partial charge in [0.15, 0.2) is 0 Å². The predicted molar refractivity (Wildman–Crippen MR) is 261 cm³/mol. The van der Waals surface area contributed by atoms with Crippen molar-refractivity contribution in [3.05, 3.63) is 256 Å². The molecule has 9 aromatic carbocycles. The van der Waals surface area contributed by atoms with Gasteiger partial charge in [-0.1, -0.05) is 198 Å². The summed E-state index contributed by atoms with van der Waals surface area (Å²) >= 11 is 0. The van der Waals surface area contributed by atoms with Gasteiger partial charge >= 0.3 is 0 Å². The van der Waals surface area contributed by atoms with Gasteiger partial charge in [0.25, 0.3) is 0 Å². The third kappa shape index (κ3) is 4.41. The Morgan fingerprint density at radius 1 is 0.339 bits per heavy atom. The Kier molecular flexibility index (Phi) is 7.33. The van der Waals surface area contributed by atoms with Crippen LogP contribution in [0.15, 0.2) is 206 Å². The summed E-state index contributed by atoms with van der Waals surface area (Å²) in [5, 5.41) is -0.419. The molecule has 0 aromatic heterocycles. The van der Waals surface area contributed by atoms with E-state index in [0.29, 0.717) is 0 Å². The zero-order chi connectivity index (χ0) is 41.4. The number of anilines is 3. The molecule has 0 radical (unpaired) electrons. The highest BCUT2D eigenvalue weighted by atomic mass is 31.1. The van der Waals surface area contributed by atoms with Gasteiger partial charge < -0.3 is 4.90 Å². The van der Waals surface area contributed by atoms with Crippen molar-refractivity contribution >= 4 is 31.6 Å². The van der Waals surface area contributed by atoms with Crippen LogP contribution >= 0.6 is 8.20 Å². The van der Waals surface area contributed by atoms with Crippen molar-refractivity contribution in [2.24, 2.45) is 0 Å². The largest absolute Gasteiger partial charge is 0.310 e. The quantitative estimate of drug-likeness (QED) is 0.157. The first-order valence-electron chi connectivity index (χ1n) is 21.7. The summed E-state index contributed by atoms with van der Waals surface area (Å²) in [6.45, 7) is 4.76. The zero-order valence-corrected chi connectivity index (χ0v) is 35.6. The fraction of sp³-hybridized carbons (Fsp3) is 0.0833. The van der Waals surface area contributed by atoms with Crippen LogP contribution < -0.4 is 4.90 Å². The maximum atomic E-state index is 4.68. The summed E-state index contributed by atoms with van der Waals surface area (Å²) in [7, 11) is 1.03. The molecule has 0 saturated heterocycles. The number of hydrogen-bond donors (Lipinski definition) is 0. The maximum Gasteiger partial charge on any atom is 0.0876 e. The van der Waals surface area contributed by atoms with E-state index in [2.05, 4.69) is 231 Å². The van der Waals surface area contributed by atoms with Crippen molar-refractivity contribution in [3.8, 4) is 44.5 Å². The topological polar surface area (TPSA) is 3.24 Å². The summed E-state index contributed by atoms with van der Waals surface area (Å²) in [5.41, 5.74) is 25.3. The summed E-state index contributed by atoms with van der Waals surface area (Å²) in [4.78, 5) is 2.53. The summed E-state index contributed by atoms with van der Waals surface area (Å²) in [6.07, 6.45) is 4.68. The molecule has 0 amide bonds. The standard InChI is InChI=1S/C60H42NP/c1-58(2)50-24-12-7-19-42(50)47-32-29-39(35-55(47)58)61(41-31-34-49-46-23-11-16-28-54(46)60(62-3,57(49)37-41)38-17-5-4-6-18-38)40-30-33-48-45-22-10-15-27-53(45)59(56(48)36-40)51-25-13-8-20-43(51)44-21-9-14-26-52(44)59/h4-37H,3H2,1-2H3. The zero-order valence-electron chi connectivity index (χ0n) is 34.7. The molecule has 13 rings (SSSR count). The van der Waals surface area contributed by atoms with E-state index >= 15 is 0 Å². The lowest BCUT2D eigenvalue weighted by atomic mass is 9.70. The van der Waals surface area contributed by atoms with Crippen molar-refractivity contribution in [1.29, 1.82) is 0 Å². The van der Waals surface area contributed by atoms with Gasteiger partial charge in [0, 0.05) is 22.5 Å². The Bertz CT molecular complexity index is 3310. The van der Waals surface area contributed by atoms with Crippen LogP contribution in [-0.2, 0) is 16.0 Å². The lowest BCUT2D eigenvalue weighted by Crippen LogP contribution is -2.26. The van der Waals surface area contributed by atoms with Crippen LogP contribution in [0.2, 0.25) is 0 Å². The predicted octanol–water partition coefficient (Wildman–Crippen LogP) is 15.5. The second-order valence-electron chi connectivity index (χ2n) is 17.9. The molecule has 0 bridgehead atoms. The number of fused-ring (bicyclic) bond motifs is 16. The van der Waals surface area contributed by atoms with E-state index in [0.717, 1.165) is 25.3 Å². The highest BCUT2D eigenvalue weighted by molar-refractivity contribution is 7.39. The minimum Gasteiger partial charge on any atom is -0.310 e. The molecular formula is C60H42NP. The molecule has 0 aliphatic heterocycles. The van der Waals surface area contributed by atoms with Gasteiger partial charge in [-0.15, -0.1) is 0 Å². The molecular weight excluding hydrogens is 766 g/mol. The second kappa shape index (κ2) is 12.7. The SMILES string of the molecule is C=PC1(c2ccccc2)c2ccccc2-c2ccc(N(c3ccc4c(c3)C(C)(C)c3ccccc3-4)c3ccc4c(c3)C3(c5ccccc5-c5ccccc53)c3ccccc3-4)cc21. The molecule has 62 heavy (non-hydrogen) atoms. The minimum atomic E-state index is -0.447. The van der Waals surface area contributed by atoms with Crippen molar-refractivity contribution in [1.82, 2.24) is 0 Å². The number of nitrogens with zero attached hydrogens (tertiary/aromatic N) is 1. The molecule has 0 N–H and O–H groups in total. The Morgan fingerprint density at radius 2 is 0.694 bits per heavy atom. The third-order valence-electron chi connectivity index (χ3n) is 14.8. The summed E-state index contributed by atoms with van der Waals surface area (Å²) in [6, 6.07) is 77.9. The molecule has 9 aromatic rings. The van der Waals surface area contributed by atoms with Gasteiger partial charge in [0.2, 0.25) is 0 Å². The number of rotatable bonds is 5. The van der Waals surface area contributed by atoms with Crippen LogP contribution in [0.1, 0.15) is 63.9 Å². The molecule has 2 heteroatoms. The third-order valence-corrected chi connectivity index (χ3v) is 16.0. The number of hydrogen-bond acceptors (Lipinski definition) is 1. The highest BCUT2D eigenvalue weighted by Crippen LogP contribution is 2.64. The first kappa shape index (κ1) is 35.7. The maximum absolute atomic E-state index is 4.68. The molecule has 292 valence electrons. The first-order valence-corrected chi connectivity index (χ1v) is 22.8. The minimum absolute atomic E-state index is 0.149. The van der Waals surface area contributed by atoms with Crippen LogP contribution in [0.3, 0.4) is 0 Å². The average molecular weight is 808 g/mol.